The van der Waals surface area contributed by atoms with E-state index in [2.05, 4.69) is 5.32 Å². The summed E-state index contributed by atoms with van der Waals surface area (Å²) < 4.78 is 25.0. The Kier molecular flexibility index (Phi) is 6.16. The number of amides is 1. The molecule has 1 rings (SSSR count). The molecule has 0 atom stereocenters. The molecule has 0 spiro atoms. The van der Waals surface area contributed by atoms with Crippen LogP contribution in [0, 0.1) is 6.92 Å². The SMILES string of the molecule is CCC(=O)NCCN(Cc1ccccc1C)S(C)(=O)=O. The van der Waals surface area contributed by atoms with Crippen molar-refractivity contribution < 1.29 is 13.2 Å². The first-order chi connectivity index (χ1) is 9.34. The van der Waals surface area contributed by atoms with Gasteiger partial charge in [0.2, 0.25) is 15.9 Å². The molecule has 0 aliphatic carbocycles. The standard InChI is InChI=1S/C14H22N2O3S/c1-4-14(17)15-9-10-16(20(3,18)19)11-13-8-6-5-7-12(13)2/h5-8H,4,9-11H2,1-3H3,(H,15,17). The molecule has 1 N–H and O–H groups in total. The maximum absolute atomic E-state index is 11.8. The highest BCUT2D eigenvalue weighted by Crippen LogP contribution is 2.12. The topological polar surface area (TPSA) is 66.5 Å². The lowest BCUT2D eigenvalue weighted by molar-refractivity contribution is -0.120. The summed E-state index contributed by atoms with van der Waals surface area (Å²) in [5.41, 5.74) is 2.03. The highest BCUT2D eigenvalue weighted by molar-refractivity contribution is 7.88. The Balaban J connectivity index is 2.72. The quantitative estimate of drug-likeness (QED) is 0.824. The van der Waals surface area contributed by atoms with Crippen molar-refractivity contribution in [1.82, 2.24) is 9.62 Å². The third-order valence-corrected chi connectivity index (χ3v) is 4.33. The van der Waals surface area contributed by atoms with Gasteiger partial charge in [-0.1, -0.05) is 31.2 Å². The van der Waals surface area contributed by atoms with Gasteiger partial charge in [-0.15, -0.1) is 0 Å². The fourth-order valence-corrected chi connectivity index (χ4v) is 2.58. The number of nitrogens with one attached hydrogen (secondary N) is 1. The van der Waals surface area contributed by atoms with Gasteiger partial charge in [-0.3, -0.25) is 4.79 Å². The summed E-state index contributed by atoms with van der Waals surface area (Å²) in [6.45, 7) is 4.64. The summed E-state index contributed by atoms with van der Waals surface area (Å²) in [6, 6.07) is 7.68. The normalized spacial score (nSPS) is 11.6. The van der Waals surface area contributed by atoms with Crippen molar-refractivity contribution in [2.75, 3.05) is 19.3 Å². The smallest absolute Gasteiger partial charge is 0.219 e. The van der Waals surface area contributed by atoms with Crippen molar-refractivity contribution in [2.24, 2.45) is 0 Å². The first kappa shape index (κ1) is 16.7. The van der Waals surface area contributed by atoms with E-state index in [1.165, 1.54) is 10.6 Å². The first-order valence-corrected chi connectivity index (χ1v) is 8.45. The molecule has 5 nitrogen and oxygen atoms in total. The monoisotopic (exact) mass is 298 g/mol. The Labute approximate surface area is 121 Å². The molecule has 0 aliphatic heterocycles. The molecular formula is C14H22N2O3S. The van der Waals surface area contributed by atoms with Gasteiger partial charge >= 0.3 is 0 Å². The number of sulfonamides is 1. The third-order valence-electron chi connectivity index (χ3n) is 3.08. The zero-order valence-electron chi connectivity index (χ0n) is 12.2. The van der Waals surface area contributed by atoms with Crippen molar-refractivity contribution in [3.05, 3.63) is 35.4 Å². The minimum atomic E-state index is -3.30. The van der Waals surface area contributed by atoms with Crippen LogP contribution in [0.2, 0.25) is 0 Å². The fourth-order valence-electron chi connectivity index (χ4n) is 1.78. The molecule has 0 unspecified atom stereocenters. The molecule has 1 aromatic rings. The van der Waals surface area contributed by atoms with Crippen LogP contribution >= 0.6 is 0 Å². The van der Waals surface area contributed by atoms with Gasteiger partial charge in [0.25, 0.3) is 0 Å². The lowest BCUT2D eigenvalue weighted by Crippen LogP contribution is -2.37. The highest BCUT2D eigenvalue weighted by atomic mass is 32.2. The van der Waals surface area contributed by atoms with Crippen LogP contribution in [0.1, 0.15) is 24.5 Å². The van der Waals surface area contributed by atoms with Gasteiger partial charge in [-0.05, 0) is 18.1 Å². The molecule has 0 aliphatic rings. The van der Waals surface area contributed by atoms with Crippen molar-refractivity contribution in [3.63, 3.8) is 0 Å². The van der Waals surface area contributed by atoms with Gasteiger partial charge in [-0.25, -0.2) is 8.42 Å². The summed E-state index contributed by atoms with van der Waals surface area (Å²) in [5.74, 6) is -0.0747. The van der Waals surface area contributed by atoms with Gasteiger partial charge < -0.3 is 5.32 Å². The number of benzene rings is 1. The maximum Gasteiger partial charge on any atom is 0.219 e. The number of nitrogens with zero attached hydrogens (tertiary/aromatic N) is 1. The van der Waals surface area contributed by atoms with E-state index in [9.17, 15) is 13.2 Å². The molecule has 0 aromatic heterocycles. The maximum atomic E-state index is 11.8. The predicted molar refractivity (Wildman–Crippen MR) is 79.7 cm³/mol. The van der Waals surface area contributed by atoms with E-state index >= 15 is 0 Å². The van der Waals surface area contributed by atoms with Gasteiger partial charge in [0, 0.05) is 26.1 Å². The molecule has 1 aromatic carbocycles. The van der Waals surface area contributed by atoms with Crippen LogP contribution in [-0.4, -0.2) is 38.0 Å². The Morgan fingerprint density at radius 1 is 1.30 bits per heavy atom. The average Bonchev–Trinajstić information content (AvgIpc) is 2.38. The summed E-state index contributed by atoms with van der Waals surface area (Å²) in [4.78, 5) is 11.2. The largest absolute Gasteiger partial charge is 0.355 e. The Hall–Kier alpha value is -1.40. The molecule has 1 amide bonds. The second-order valence-corrected chi connectivity index (χ2v) is 6.71. The second kappa shape index (κ2) is 7.40. The van der Waals surface area contributed by atoms with Crippen LogP contribution < -0.4 is 5.32 Å². The van der Waals surface area contributed by atoms with Crippen LogP contribution in [0.5, 0.6) is 0 Å². The van der Waals surface area contributed by atoms with Crippen LogP contribution in [-0.2, 0) is 21.4 Å². The average molecular weight is 298 g/mol. The summed E-state index contributed by atoms with van der Waals surface area (Å²) in [6.07, 6.45) is 1.59. The zero-order chi connectivity index (χ0) is 15.2. The summed E-state index contributed by atoms with van der Waals surface area (Å²) in [7, 11) is -3.30. The van der Waals surface area contributed by atoms with Crippen LogP contribution in [0.15, 0.2) is 24.3 Å². The van der Waals surface area contributed by atoms with E-state index in [-0.39, 0.29) is 12.5 Å². The second-order valence-electron chi connectivity index (χ2n) is 4.73. The molecule has 0 heterocycles. The van der Waals surface area contributed by atoms with Crippen LogP contribution in [0.4, 0.5) is 0 Å². The van der Waals surface area contributed by atoms with E-state index < -0.39 is 10.0 Å². The van der Waals surface area contributed by atoms with Crippen LogP contribution in [0.25, 0.3) is 0 Å². The molecule has 0 saturated carbocycles. The molecular weight excluding hydrogens is 276 g/mol. The number of aryl methyl sites for hydroxylation is 1. The van der Waals surface area contributed by atoms with E-state index in [1.54, 1.807) is 6.92 Å². The number of carbonyl (C=O) groups excluding carboxylic acids is 1. The fraction of sp³-hybridized carbons (Fsp3) is 0.500. The summed E-state index contributed by atoms with van der Waals surface area (Å²) in [5, 5.41) is 2.69. The number of carbonyl (C=O) groups is 1. The van der Waals surface area contributed by atoms with Crippen molar-refractivity contribution >= 4 is 15.9 Å². The lowest BCUT2D eigenvalue weighted by atomic mass is 10.1. The molecule has 0 fully saturated rings. The van der Waals surface area contributed by atoms with E-state index in [4.69, 9.17) is 0 Å². The predicted octanol–water partition coefficient (Wildman–Crippen LogP) is 1.28. The Bertz CT molecular complexity index is 555. The van der Waals surface area contributed by atoms with E-state index in [0.29, 0.717) is 19.5 Å². The molecule has 0 saturated heterocycles. The van der Waals surface area contributed by atoms with Crippen molar-refractivity contribution in [3.8, 4) is 0 Å². The van der Waals surface area contributed by atoms with Gasteiger partial charge in [0.1, 0.15) is 0 Å². The third kappa shape index (κ3) is 5.30. The Morgan fingerprint density at radius 3 is 2.50 bits per heavy atom. The Morgan fingerprint density at radius 2 is 1.95 bits per heavy atom. The molecule has 20 heavy (non-hydrogen) atoms. The lowest BCUT2D eigenvalue weighted by Gasteiger charge is -2.21. The summed E-state index contributed by atoms with van der Waals surface area (Å²) >= 11 is 0. The van der Waals surface area contributed by atoms with E-state index in [1.807, 2.05) is 31.2 Å². The first-order valence-electron chi connectivity index (χ1n) is 6.61. The van der Waals surface area contributed by atoms with Gasteiger partial charge in [-0.2, -0.15) is 4.31 Å². The highest BCUT2D eigenvalue weighted by Gasteiger charge is 2.17. The van der Waals surface area contributed by atoms with Crippen LogP contribution in [0.3, 0.4) is 0 Å². The minimum absolute atomic E-state index is 0.0747. The molecule has 0 radical (unpaired) electrons. The number of hydrogen-bond donors (Lipinski definition) is 1. The molecule has 6 heteroatoms. The number of rotatable bonds is 7. The van der Waals surface area contributed by atoms with E-state index in [0.717, 1.165) is 11.1 Å². The minimum Gasteiger partial charge on any atom is -0.355 e. The molecule has 0 bridgehead atoms. The number of hydrogen-bond acceptors (Lipinski definition) is 3. The van der Waals surface area contributed by atoms with Crippen molar-refractivity contribution in [1.29, 1.82) is 0 Å². The van der Waals surface area contributed by atoms with Crippen molar-refractivity contribution in [2.45, 2.75) is 26.8 Å². The zero-order valence-corrected chi connectivity index (χ0v) is 13.0. The van der Waals surface area contributed by atoms with Gasteiger partial charge in [0.15, 0.2) is 0 Å². The molecule has 112 valence electrons. The van der Waals surface area contributed by atoms with Gasteiger partial charge in [0.05, 0.1) is 6.26 Å².